The van der Waals surface area contributed by atoms with E-state index in [1.165, 1.54) is 76.1 Å². The van der Waals surface area contributed by atoms with Crippen molar-refractivity contribution in [2.75, 3.05) is 0 Å². The van der Waals surface area contributed by atoms with Gasteiger partial charge in [-0.2, -0.15) is 0 Å². The Kier molecular flexibility index (Phi) is 3.50. The molecule has 0 radical (unpaired) electrons. The zero-order chi connectivity index (χ0) is 21.4. The first-order chi connectivity index (χ1) is 15.7. The maximum Gasteiger partial charge on any atom is -0.00204 e. The summed E-state index contributed by atoms with van der Waals surface area (Å²) in [6, 6.07) is 36.4. The van der Waals surface area contributed by atoms with E-state index < -0.39 is 0 Å². The van der Waals surface area contributed by atoms with Crippen molar-refractivity contribution < 1.29 is 0 Å². The van der Waals surface area contributed by atoms with Crippen molar-refractivity contribution in [3.05, 3.63) is 108 Å². The normalized spacial score (nSPS) is 12.1. The number of hydrogen-bond acceptors (Lipinski definition) is 0. The van der Waals surface area contributed by atoms with E-state index in [2.05, 4.69) is 111 Å². The van der Waals surface area contributed by atoms with Crippen LogP contribution < -0.4 is 0 Å². The Morgan fingerprint density at radius 1 is 0.375 bits per heavy atom. The fraction of sp³-hybridized carbons (Fsp3) is 0.0625. The van der Waals surface area contributed by atoms with Gasteiger partial charge in [0.2, 0.25) is 0 Å². The molecule has 7 aromatic rings. The minimum atomic E-state index is 1.29. The SMILES string of the molecule is Cc1ccc2c(ccc3cccc(-c4cc5cccc6ccc7cc(C)cc4c7c65)c32)c1. The predicted molar refractivity (Wildman–Crippen MR) is 140 cm³/mol. The Labute approximate surface area is 187 Å². The molecule has 0 unspecified atom stereocenters. The second-order valence-corrected chi connectivity index (χ2v) is 9.17. The van der Waals surface area contributed by atoms with Gasteiger partial charge in [0.1, 0.15) is 0 Å². The molecule has 7 rings (SSSR count). The van der Waals surface area contributed by atoms with Gasteiger partial charge in [-0.1, -0.05) is 96.6 Å². The standard InChI is InChI=1S/C32H22/c1-19-9-14-26-23(15-19)12-10-22-6-4-8-27(31(22)26)28-18-24-7-3-5-21-11-13-25-16-20(2)17-29(28)32(25)30(21)24/h3-18H,1-2H3. The van der Waals surface area contributed by atoms with Gasteiger partial charge in [0.05, 0.1) is 0 Å². The van der Waals surface area contributed by atoms with E-state index in [4.69, 9.17) is 0 Å². The van der Waals surface area contributed by atoms with Crippen molar-refractivity contribution in [2.24, 2.45) is 0 Å². The lowest BCUT2D eigenvalue weighted by Gasteiger charge is -2.18. The zero-order valence-corrected chi connectivity index (χ0v) is 18.2. The third kappa shape index (κ3) is 2.38. The fourth-order valence-corrected chi connectivity index (χ4v) is 5.67. The van der Waals surface area contributed by atoms with Crippen LogP contribution in [0.5, 0.6) is 0 Å². The molecule has 0 saturated carbocycles. The van der Waals surface area contributed by atoms with Crippen LogP contribution in [-0.4, -0.2) is 0 Å². The van der Waals surface area contributed by atoms with Crippen LogP contribution in [0.2, 0.25) is 0 Å². The molecule has 0 aliphatic carbocycles. The first kappa shape index (κ1) is 17.7. The molecule has 150 valence electrons. The molecule has 0 aliphatic heterocycles. The van der Waals surface area contributed by atoms with Crippen LogP contribution >= 0.6 is 0 Å². The molecule has 0 N–H and O–H groups in total. The highest BCUT2D eigenvalue weighted by Crippen LogP contribution is 2.43. The number of fused-ring (bicyclic) bond motifs is 3. The van der Waals surface area contributed by atoms with E-state index in [-0.39, 0.29) is 0 Å². The fourth-order valence-electron chi connectivity index (χ4n) is 5.67. The van der Waals surface area contributed by atoms with Crippen LogP contribution in [0.1, 0.15) is 11.1 Å². The van der Waals surface area contributed by atoms with Crippen molar-refractivity contribution >= 4 is 53.9 Å². The Hall–Kier alpha value is -3.90. The largest absolute Gasteiger partial charge is 0.0610 e. The minimum absolute atomic E-state index is 1.29. The van der Waals surface area contributed by atoms with Crippen molar-refractivity contribution in [3.8, 4) is 11.1 Å². The summed E-state index contributed by atoms with van der Waals surface area (Å²) in [6.07, 6.45) is 0. The molecule has 0 aliphatic rings. The van der Waals surface area contributed by atoms with Crippen LogP contribution in [-0.2, 0) is 0 Å². The van der Waals surface area contributed by atoms with Gasteiger partial charge >= 0.3 is 0 Å². The highest BCUT2D eigenvalue weighted by molar-refractivity contribution is 6.28. The average Bonchev–Trinajstić information content (AvgIpc) is 2.81. The van der Waals surface area contributed by atoms with Gasteiger partial charge in [-0.25, -0.2) is 0 Å². The molecule has 0 amide bonds. The summed E-state index contributed by atoms with van der Waals surface area (Å²) < 4.78 is 0. The van der Waals surface area contributed by atoms with Crippen LogP contribution in [0.15, 0.2) is 97.1 Å². The molecule has 32 heavy (non-hydrogen) atoms. The van der Waals surface area contributed by atoms with Gasteiger partial charge in [-0.15, -0.1) is 0 Å². The third-order valence-electron chi connectivity index (χ3n) is 7.03. The molecule has 0 nitrogen and oxygen atoms in total. The summed E-state index contributed by atoms with van der Waals surface area (Å²) in [7, 11) is 0. The second kappa shape index (κ2) is 6.31. The maximum absolute atomic E-state index is 2.41. The molecular formula is C32H22. The van der Waals surface area contributed by atoms with Crippen LogP contribution in [0.4, 0.5) is 0 Å². The second-order valence-electron chi connectivity index (χ2n) is 9.17. The predicted octanol–water partition coefficient (Wildman–Crippen LogP) is 9.17. The van der Waals surface area contributed by atoms with Crippen molar-refractivity contribution in [1.29, 1.82) is 0 Å². The Morgan fingerprint density at radius 3 is 1.91 bits per heavy atom. The van der Waals surface area contributed by atoms with E-state index in [1.54, 1.807) is 0 Å². The number of aryl methyl sites for hydroxylation is 2. The number of rotatable bonds is 1. The number of hydrogen-bond donors (Lipinski definition) is 0. The van der Waals surface area contributed by atoms with Gasteiger partial charge in [0.15, 0.2) is 0 Å². The van der Waals surface area contributed by atoms with Gasteiger partial charge in [0.25, 0.3) is 0 Å². The van der Waals surface area contributed by atoms with Gasteiger partial charge in [0, 0.05) is 0 Å². The zero-order valence-electron chi connectivity index (χ0n) is 18.2. The molecular weight excluding hydrogens is 384 g/mol. The molecule has 0 spiro atoms. The highest BCUT2D eigenvalue weighted by Gasteiger charge is 2.16. The summed E-state index contributed by atoms with van der Waals surface area (Å²) >= 11 is 0. The summed E-state index contributed by atoms with van der Waals surface area (Å²) in [5, 5.41) is 13.3. The maximum atomic E-state index is 2.41. The molecule has 0 heterocycles. The van der Waals surface area contributed by atoms with Crippen LogP contribution in [0.3, 0.4) is 0 Å². The molecule has 0 bridgehead atoms. The van der Waals surface area contributed by atoms with E-state index in [0.717, 1.165) is 0 Å². The Bertz CT molecular complexity index is 1840. The van der Waals surface area contributed by atoms with Crippen LogP contribution in [0.25, 0.3) is 65.0 Å². The van der Waals surface area contributed by atoms with Crippen molar-refractivity contribution in [2.45, 2.75) is 13.8 Å². The lowest BCUT2D eigenvalue weighted by molar-refractivity contribution is 1.51. The number of benzene rings is 7. The molecule has 7 aromatic carbocycles. The first-order valence-electron chi connectivity index (χ1n) is 11.3. The highest BCUT2D eigenvalue weighted by atomic mass is 14.2. The third-order valence-corrected chi connectivity index (χ3v) is 7.03. The summed E-state index contributed by atoms with van der Waals surface area (Å²) in [5.74, 6) is 0. The van der Waals surface area contributed by atoms with E-state index >= 15 is 0 Å². The van der Waals surface area contributed by atoms with Gasteiger partial charge in [-0.3, -0.25) is 0 Å². The molecule has 0 heteroatoms. The smallest absolute Gasteiger partial charge is 0.00204 e. The van der Waals surface area contributed by atoms with E-state index in [1.807, 2.05) is 0 Å². The van der Waals surface area contributed by atoms with Crippen LogP contribution in [0, 0.1) is 13.8 Å². The topological polar surface area (TPSA) is 0 Å². The first-order valence-corrected chi connectivity index (χ1v) is 11.3. The molecule has 0 aromatic heterocycles. The Balaban J connectivity index is 1.72. The molecule has 0 fully saturated rings. The van der Waals surface area contributed by atoms with Crippen molar-refractivity contribution in [1.82, 2.24) is 0 Å². The summed E-state index contributed by atoms with van der Waals surface area (Å²) in [5.41, 5.74) is 5.24. The molecule has 0 atom stereocenters. The quantitative estimate of drug-likeness (QED) is 0.238. The molecule has 0 saturated heterocycles. The van der Waals surface area contributed by atoms with Crippen molar-refractivity contribution in [3.63, 3.8) is 0 Å². The lowest BCUT2D eigenvalue weighted by atomic mass is 9.86. The van der Waals surface area contributed by atoms with E-state index in [9.17, 15) is 0 Å². The minimum Gasteiger partial charge on any atom is -0.0610 e. The van der Waals surface area contributed by atoms with E-state index in [0.29, 0.717) is 0 Å². The summed E-state index contributed by atoms with van der Waals surface area (Å²) in [4.78, 5) is 0. The monoisotopic (exact) mass is 406 g/mol. The van der Waals surface area contributed by atoms with Gasteiger partial charge < -0.3 is 0 Å². The summed E-state index contributed by atoms with van der Waals surface area (Å²) in [6.45, 7) is 4.37. The Morgan fingerprint density at radius 2 is 1.03 bits per heavy atom. The van der Waals surface area contributed by atoms with Gasteiger partial charge in [-0.05, 0) is 90.5 Å². The average molecular weight is 407 g/mol. The lowest BCUT2D eigenvalue weighted by Crippen LogP contribution is -1.91.